The molecular weight excluding hydrogens is 176 g/mol. The van der Waals surface area contributed by atoms with E-state index < -0.39 is 6.04 Å². The highest BCUT2D eigenvalue weighted by molar-refractivity contribution is 5.82. The normalized spacial score (nSPS) is 14.6. The van der Waals surface area contributed by atoms with E-state index in [4.69, 9.17) is 12.2 Å². The smallest absolute Gasteiger partial charge is 0.238 e. The molecule has 80 valence electrons. The van der Waals surface area contributed by atoms with Crippen LogP contribution in [0.25, 0.3) is 0 Å². The highest BCUT2D eigenvalue weighted by Crippen LogP contribution is 2.03. The van der Waals surface area contributed by atoms with Crippen LogP contribution in [0, 0.1) is 18.3 Å². The van der Waals surface area contributed by atoms with E-state index in [1.807, 2.05) is 6.92 Å². The molecule has 0 fully saturated rings. The summed E-state index contributed by atoms with van der Waals surface area (Å²) in [6.07, 6.45) is 6.31. The third-order valence-corrected chi connectivity index (χ3v) is 1.89. The van der Waals surface area contributed by atoms with Gasteiger partial charge >= 0.3 is 0 Å². The Kier molecular flexibility index (Phi) is 5.98. The molecule has 2 atom stereocenters. The minimum atomic E-state index is -0.574. The predicted molar refractivity (Wildman–Crippen MR) is 58.5 cm³/mol. The van der Waals surface area contributed by atoms with E-state index in [1.54, 1.807) is 0 Å². The van der Waals surface area contributed by atoms with Crippen molar-refractivity contribution in [2.75, 3.05) is 0 Å². The topological polar surface area (TPSA) is 55.1 Å². The van der Waals surface area contributed by atoms with E-state index in [1.165, 1.54) is 0 Å². The maximum absolute atomic E-state index is 11.4. The zero-order valence-electron chi connectivity index (χ0n) is 9.21. The molecule has 3 heteroatoms. The van der Waals surface area contributed by atoms with Crippen molar-refractivity contribution >= 4 is 5.91 Å². The number of carbonyl (C=O) groups excluding carboxylic acids is 1. The molecule has 0 spiro atoms. The molecule has 0 bridgehead atoms. The second kappa shape index (κ2) is 6.44. The van der Waals surface area contributed by atoms with Crippen LogP contribution in [-0.2, 0) is 4.79 Å². The summed E-state index contributed by atoms with van der Waals surface area (Å²) < 4.78 is 0. The van der Waals surface area contributed by atoms with Crippen LogP contribution in [0.2, 0.25) is 0 Å². The van der Waals surface area contributed by atoms with Crippen LogP contribution in [0.5, 0.6) is 0 Å². The van der Waals surface area contributed by atoms with Gasteiger partial charge in [-0.25, -0.2) is 0 Å². The summed E-state index contributed by atoms with van der Waals surface area (Å²) in [5, 5.41) is 2.84. The van der Waals surface area contributed by atoms with Gasteiger partial charge in [0, 0.05) is 12.5 Å². The van der Waals surface area contributed by atoms with Gasteiger partial charge in [0.25, 0.3) is 0 Å². The number of hydrogen-bond donors (Lipinski definition) is 2. The van der Waals surface area contributed by atoms with E-state index in [0.29, 0.717) is 12.3 Å². The number of rotatable bonds is 5. The summed E-state index contributed by atoms with van der Waals surface area (Å²) in [5.74, 6) is 2.78. The molecule has 0 aliphatic carbocycles. The average molecular weight is 196 g/mol. The average Bonchev–Trinajstić information content (AvgIpc) is 2.02. The van der Waals surface area contributed by atoms with E-state index in [9.17, 15) is 4.79 Å². The molecule has 14 heavy (non-hydrogen) atoms. The highest BCUT2D eigenvalue weighted by Gasteiger charge is 2.14. The molecule has 0 saturated heterocycles. The quantitative estimate of drug-likeness (QED) is 0.642. The Morgan fingerprint density at radius 2 is 2.07 bits per heavy atom. The van der Waals surface area contributed by atoms with Crippen LogP contribution in [0.1, 0.15) is 33.6 Å². The van der Waals surface area contributed by atoms with Crippen molar-refractivity contribution in [3.63, 3.8) is 0 Å². The number of hydrogen-bond acceptors (Lipinski definition) is 2. The zero-order valence-corrected chi connectivity index (χ0v) is 9.21. The van der Waals surface area contributed by atoms with Crippen LogP contribution < -0.4 is 11.1 Å². The molecular formula is C11H20N2O. The Labute approximate surface area is 86.4 Å². The summed E-state index contributed by atoms with van der Waals surface area (Å²) >= 11 is 0. The fourth-order valence-electron chi connectivity index (χ4n) is 1.34. The lowest BCUT2D eigenvalue weighted by molar-refractivity contribution is -0.122. The molecule has 0 aliphatic rings. The second-order valence-corrected chi connectivity index (χ2v) is 4.05. The van der Waals surface area contributed by atoms with Gasteiger partial charge in [-0.2, -0.15) is 0 Å². The van der Waals surface area contributed by atoms with Gasteiger partial charge in [0.15, 0.2) is 0 Å². The molecule has 0 aliphatic heterocycles. The van der Waals surface area contributed by atoms with E-state index in [2.05, 4.69) is 25.1 Å². The monoisotopic (exact) mass is 196 g/mol. The molecule has 0 aromatic heterocycles. The molecule has 0 rings (SSSR count). The van der Waals surface area contributed by atoms with Crippen molar-refractivity contribution < 1.29 is 4.79 Å². The molecule has 0 radical (unpaired) electrons. The second-order valence-electron chi connectivity index (χ2n) is 4.05. The molecule has 3 nitrogen and oxygen atoms in total. The molecule has 3 N–H and O–H groups in total. The Hall–Kier alpha value is -1.01. The first-order chi connectivity index (χ1) is 6.47. The number of nitrogens with one attached hydrogen (secondary N) is 1. The fraction of sp³-hybridized carbons (Fsp3) is 0.727. The molecule has 0 heterocycles. The fourth-order valence-corrected chi connectivity index (χ4v) is 1.34. The third-order valence-electron chi connectivity index (χ3n) is 1.89. The van der Waals surface area contributed by atoms with Crippen molar-refractivity contribution in [2.24, 2.45) is 11.7 Å². The van der Waals surface area contributed by atoms with Gasteiger partial charge in [0.1, 0.15) is 0 Å². The molecule has 2 unspecified atom stereocenters. The first kappa shape index (κ1) is 13.0. The Morgan fingerprint density at radius 3 is 2.50 bits per heavy atom. The summed E-state index contributed by atoms with van der Waals surface area (Å²) in [7, 11) is 0. The highest BCUT2D eigenvalue weighted by atomic mass is 16.2. The number of nitrogens with two attached hydrogens (primary N) is 1. The van der Waals surface area contributed by atoms with Crippen molar-refractivity contribution in [2.45, 2.75) is 45.7 Å². The maximum Gasteiger partial charge on any atom is 0.238 e. The molecule has 0 aromatic carbocycles. The van der Waals surface area contributed by atoms with Crippen LogP contribution in [0.15, 0.2) is 0 Å². The van der Waals surface area contributed by atoms with E-state index in [0.717, 1.165) is 6.42 Å². The SMILES string of the molecule is C#CCC(N)C(=O)NC(C)CC(C)C. The number of terminal acetylenes is 1. The van der Waals surface area contributed by atoms with Gasteiger partial charge in [0.05, 0.1) is 6.04 Å². The zero-order chi connectivity index (χ0) is 11.1. The van der Waals surface area contributed by atoms with Gasteiger partial charge in [0.2, 0.25) is 5.91 Å². The van der Waals surface area contributed by atoms with E-state index in [-0.39, 0.29) is 11.9 Å². The number of carbonyl (C=O) groups is 1. The summed E-state index contributed by atoms with van der Waals surface area (Å²) in [6, 6.07) is -0.416. The van der Waals surface area contributed by atoms with Crippen LogP contribution in [0.4, 0.5) is 0 Å². The van der Waals surface area contributed by atoms with Gasteiger partial charge < -0.3 is 11.1 Å². The van der Waals surface area contributed by atoms with Gasteiger partial charge in [-0.05, 0) is 19.3 Å². The van der Waals surface area contributed by atoms with Gasteiger partial charge in [-0.1, -0.05) is 13.8 Å². The Balaban J connectivity index is 3.88. The minimum absolute atomic E-state index is 0.156. The largest absolute Gasteiger partial charge is 0.352 e. The lowest BCUT2D eigenvalue weighted by atomic mass is 10.0. The van der Waals surface area contributed by atoms with Crippen LogP contribution >= 0.6 is 0 Å². The van der Waals surface area contributed by atoms with E-state index >= 15 is 0 Å². The Morgan fingerprint density at radius 1 is 1.50 bits per heavy atom. The first-order valence-electron chi connectivity index (χ1n) is 4.96. The third kappa shape index (κ3) is 5.60. The maximum atomic E-state index is 11.4. The minimum Gasteiger partial charge on any atom is -0.352 e. The lowest BCUT2D eigenvalue weighted by Crippen LogP contribution is -2.44. The summed E-state index contributed by atoms with van der Waals surface area (Å²) in [4.78, 5) is 11.4. The summed E-state index contributed by atoms with van der Waals surface area (Å²) in [6.45, 7) is 6.20. The standard InChI is InChI=1S/C11H20N2O/c1-5-6-10(12)11(14)13-9(4)7-8(2)3/h1,8-10H,6-7,12H2,2-4H3,(H,13,14). The van der Waals surface area contributed by atoms with Crippen LogP contribution in [-0.4, -0.2) is 18.0 Å². The molecule has 0 aromatic rings. The first-order valence-corrected chi connectivity index (χ1v) is 4.96. The van der Waals surface area contributed by atoms with Crippen molar-refractivity contribution in [3.8, 4) is 12.3 Å². The summed E-state index contributed by atoms with van der Waals surface area (Å²) in [5.41, 5.74) is 5.55. The Bertz CT molecular complexity index is 218. The lowest BCUT2D eigenvalue weighted by Gasteiger charge is -2.17. The van der Waals surface area contributed by atoms with Crippen molar-refractivity contribution in [1.82, 2.24) is 5.32 Å². The van der Waals surface area contributed by atoms with Crippen molar-refractivity contribution in [3.05, 3.63) is 0 Å². The molecule has 0 saturated carbocycles. The van der Waals surface area contributed by atoms with Gasteiger partial charge in [-0.3, -0.25) is 4.79 Å². The van der Waals surface area contributed by atoms with Crippen LogP contribution in [0.3, 0.4) is 0 Å². The predicted octanol–water partition coefficient (Wildman–Crippen LogP) is 0.888. The molecule has 1 amide bonds. The number of amides is 1. The van der Waals surface area contributed by atoms with Gasteiger partial charge in [-0.15, -0.1) is 12.3 Å². The van der Waals surface area contributed by atoms with Crippen molar-refractivity contribution in [1.29, 1.82) is 0 Å².